The minimum absolute atomic E-state index is 0.0368. The molecule has 35 heavy (non-hydrogen) atoms. The van der Waals surface area contributed by atoms with Gasteiger partial charge in [-0.3, -0.25) is 9.59 Å². The lowest BCUT2D eigenvalue weighted by Gasteiger charge is -2.29. The summed E-state index contributed by atoms with van der Waals surface area (Å²) >= 11 is 1.50. The Balaban J connectivity index is 1.76. The third-order valence-electron chi connectivity index (χ3n) is 6.25. The fraction of sp³-hybridized carbons (Fsp3) is 0.400. The van der Waals surface area contributed by atoms with Gasteiger partial charge in [0.05, 0.1) is 42.8 Å². The van der Waals surface area contributed by atoms with E-state index in [0.717, 1.165) is 34.6 Å². The normalized spacial score (nSPS) is 14.3. The van der Waals surface area contributed by atoms with Gasteiger partial charge in [0.1, 0.15) is 16.3 Å². The van der Waals surface area contributed by atoms with Gasteiger partial charge in [0, 0.05) is 30.8 Å². The van der Waals surface area contributed by atoms with Crippen LogP contribution in [0.1, 0.15) is 29.8 Å². The zero-order valence-corrected chi connectivity index (χ0v) is 21.0. The molecule has 1 aromatic heterocycles. The second kappa shape index (κ2) is 10.3. The summed E-state index contributed by atoms with van der Waals surface area (Å²) in [6.45, 7) is 6.90. The topological polar surface area (TPSA) is 133 Å². The Kier molecular flexibility index (Phi) is 7.36. The monoisotopic (exact) mass is 497 g/mol. The van der Waals surface area contributed by atoms with E-state index < -0.39 is 11.4 Å². The van der Waals surface area contributed by atoms with Crippen LogP contribution in [-0.4, -0.2) is 62.2 Å². The summed E-state index contributed by atoms with van der Waals surface area (Å²) in [5, 5.41) is 3.92. The number of rotatable bonds is 9. The number of thiazole rings is 1. The van der Waals surface area contributed by atoms with Gasteiger partial charge in [-0.25, -0.2) is 4.98 Å². The van der Waals surface area contributed by atoms with Crippen molar-refractivity contribution in [2.24, 2.45) is 11.5 Å². The Hall–Kier alpha value is -3.05. The second-order valence-electron chi connectivity index (χ2n) is 8.93. The maximum absolute atomic E-state index is 12.3. The van der Waals surface area contributed by atoms with E-state index in [9.17, 15) is 9.59 Å². The van der Waals surface area contributed by atoms with Crippen molar-refractivity contribution in [3.05, 3.63) is 41.5 Å². The molecular weight excluding hydrogens is 466 g/mol. The summed E-state index contributed by atoms with van der Waals surface area (Å²) in [5.41, 5.74) is 14.2. The van der Waals surface area contributed by atoms with Crippen LogP contribution in [0, 0.1) is 0 Å². The number of Topliss-reactive ketones (excluding diaryl/α,β-unsaturated/α-hetero) is 1. The van der Waals surface area contributed by atoms with E-state index in [1.165, 1.54) is 11.3 Å². The van der Waals surface area contributed by atoms with Crippen LogP contribution in [0.15, 0.2) is 30.3 Å². The van der Waals surface area contributed by atoms with Gasteiger partial charge in [0.2, 0.25) is 5.91 Å². The molecule has 1 saturated heterocycles. The molecule has 0 radical (unpaired) electrons. The summed E-state index contributed by atoms with van der Waals surface area (Å²) in [6, 6.07) is 9.39. The number of fused-ring (bicyclic) bond motifs is 1. The zero-order valence-electron chi connectivity index (χ0n) is 20.2. The molecule has 3 aromatic rings. The third-order valence-corrected chi connectivity index (χ3v) is 7.37. The molecule has 2 aromatic carbocycles. The van der Waals surface area contributed by atoms with Crippen molar-refractivity contribution < 1.29 is 19.1 Å². The number of nitrogens with two attached hydrogens (primary N) is 2. The van der Waals surface area contributed by atoms with E-state index >= 15 is 0 Å². The molecule has 0 atom stereocenters. The number of anilines is 1. The number of methoxy groups -OCH3 is 1. The predicted molar refractivity (Wildman–Crippen MR) is 138 cm³/mol. The number of hydrogen-bond acceptors (Lipinski definition) is 9. The first-order chi connectivity index (χ1) is 16.7. The summed E-state index contributed by atoms with van der Waals surface area (Å²) in [7, 11) is 1.62. The molecule has 0 spiro atoms. The first kappa shape index (κ1) is 25.1. The van der Waals surface area contributed by atoms with Crippen LogP contribution in [0.5, 0.6) is 5.75 Å². The number of ketones is 1. The smallest absolute Gasteiger partial charge is 0.249 e. The quantitative estimate of drug-likeness (QED) is 0.410. The van der Waals surface area contributed by atoms with Crippen LogP contribution in [0.2, 0.25) is 0 Å². The number of amides is 1. The fourth-order valence-corrected chi connectivity index (χ4v) is 5.23. The lowest BCUT2D eigenvalue weighted by atomic mass is 9.98. The number of primary amides is 1. The molecule has 1 fully saturated rings. The molecule has 5 N–H and O–H groups in total. The molecule has 4 rings (SSSR count). The average Bonchev–Trinajstić information content (AvgIpc) is 3.32. The average molecular weight is 498 g/mol. The molecule has 1 amide bonds. The van der Waals surface area contributed by atoms with Crippen molar-refractivity contribution in [2.45, 2.75) is 25.9 Å². The maximum atomic E-state index is 12.3. The first-order valence-corrected chi connectivity index (χ1v) is 12.3. The number of hydrogen-bond donors (Lipinski definition) is 3. The lowest BCUT2D eigenvalue weighted by Crippen LogP contribution is -2.49. The van der Waals surface area contributed by atoms with Gasteiger partial charge in [0.15, 0.2) is 5.78 Å². The van der Waals surface area contributed by atoms with Gasteiger partial charge >= 0.3 is 0 Å². The predicted octanol–water partition coefficient (Wildman–Crippen LogP) is 2.30. The van der Waals surface area contributed by atoms with Gasteiger partial charge < -0.3 is 31.2 Å². The maximum Gasteiger partial charge on any atom is 0.249 e. The molecule has 10 heteroatoms. The van der Waals surface area contributed by atoms with E-state index in [-0.39, 0.29) is 12.3 Å². The van der Waals surface area contributed by atoms with Crippen molar-refractivity contribution in [2.75, 3.05) is 44.9 Å². The van der Waals surface area contributed by atoms with Crippen LogP contribution in [0.4, 0.5) is 5.69 Å². The van der Waals surface area contributed by atoms with Gasteiger partial charge in [0.25, 0.3) is 0 Å². The largest absolute Gasteiger partial charge is 0.494 e. The van der Waals surface area contributed by atoms with Crippen LogP contribution < -0.4 is 26.4 Å². The van der Waals surface area contributed by atoms with E-state index in [0.29, 0.717) is 41.6 Å². The molecule has 0 aliphatic carbocycles. The van der Waals surface area contributed by atoms with Crippen molar-refractivity contribution in [1.82, 2.24) is 10.3 Å². The van der Waals surface area contributed by atoms with Gasteiger partial charge in [-0.05, 0) is 43.7 Å². The SMILES string of the molecule is COc1ccc(N2CCOCC2)c2sc(-c3cc(CNC(C)(C)C(=O)CN)ccc3C(N)=O)nc12. The summed E-state index contributed by atoms with van der Waals surface area (Å²) in [5.74, 6) is 0.0539. The number of nitrogens with one attached hydrogen (secondary N) is 1. The highest BCUT2D eigenvalue weighted by molar-refractivity contribution is 7.22. The fourth-order valence-electron chi connectivity index (χ4n) is 4.07. The molecule has 0 bridgehead atoms. The van der Waals surface area contributed by atoms with Crippen molar-refractivity contribution in [3.63, 3.8) is 0 Å². The molecule has 2 heterocycles. The Labute approximate surface area is 208 Å². The molecule has 9 nitrogen and oxygen atoms in total. The molecule has 1 aliphatic heterocycles. The third kappa shape index (κ3) is 5.15. The summed E-state index contributed by atoms with van der Waals surface area (Å²) < 4.78 is 12.1. The lowest BCUT2D eigenvalue weighted by molar-refractivity contribution is -0.122. The van der Waals surface area contributed by atoms with Crippen LogP contribution >= 0.6 is 11.3 Å². The standard InChI is InChI=1S/C25H31N5O4S/c1-25(2,20(31)13-26)28-14-15-4-5-16(23(27)32)17(12-15)24-29-21-19(33-3)7-6-18(22(21)35-24)30-8-10-34-11-9-30/h4-7,12,28H,8-11,13-14,26H2,1-3H3,(H2,27,32). The number of carbonyl (C=O) groups excluding carboxylic acids is 2. The van der Waals surface area contributed by atoms with Crippen LogP contribution in [0.3, 0.4) is 0 Å². The highest BCUT2D eigenvalue weighted by Gasteiger charge is 2.26. The van der Waals surface area contributed by atoms with Crippen molar-refractivity contribution >= 4 is 38.9 Å². The highest BCUT2D eigenvalue weighted by atomic mass is 32.1. The van der Waals surface area contributed by atoms with E-state index in [1.807, 2.05) is 24.3 Å². The molecule has 0 unspecified atom stereocenters. The number of nitrogens with zero attached hydrogens (tertiary/aromatic N) is 2. The van der Waals surface area contributed by atoms with Gasteiger partial charge in [-0.15, -0.1) is 11.3 Å². The number of carbonyl (C=O) groups is 2. The Morgan fingerprint density at radius 2 is 1.97 bits per heavy atom. The minimum Gasteiger partial charge on any atom is -0.494 e. The minimum atomic E-state index is -0.770. The van der Waals surface area contributed by atoms with Crippen LogP contribution in [0.25, 0.3) is 20.8 Å². The summed E-state index contributed by atoms with van der Waals surface area (Å²) in [4.78, 5) is 31.6. The van der Waals surface area contributed by atoms with Gasteiger partial charge in [-0.2, -0.15) is 0 Å². The second-order valence-corrected chi connectivity index (χ2v) is 9.93. The first-order valence-electron chi connectivity index (χ1n) is 11.5. The number of morpholine rings is 1. The zero-order chi connectivity index (χ0) is 25.2. The van der Waals surface area contributed by atoms with E-state index in [4.69, 9.17) is 25.9 Å². The van der Waals surface area contributed by atoms with Crippen molar-refractivity contribution in [1.29, 1.82) is 0 Å². The Morgan fingerprint density at radius 1 is 1.23 bits per heavy atom. The number of aromatic nitrogens is 1. The van der Waals surface area contributed by atoms with Crippen LogP contribution in [-0.2, 0) is 16.1 Å². The molecular formula is C25H31N5O4S. The van der Waals surface area contributed by atoms with Gasteiger partial charge in [-0.1, -0.05) is 6.07 Å². The highest BCUT2D eigenvalue weighted by Crippen LogP contribution is 2.41. The number of benzene rings is 2. The Bertz CT molecular complexity index is 1250. The molecule has 1 aliphatic rings. The number of ether oxygens (including phenoxy) is 2. The van der Waals surface area contributed by atoms with Crippen molar-refractivity contribution in [3.8, 4) is 16.3 Å². The Morgan fingerprint density at radius 3 is 2.63 bits per heavy atom. The van der Waals surface area contributed by atoms with E-state index in [2.05, 4.69) is 10.2 Å². The van der Waals surface area contributed by atoms with E-state index in [1.54, 1.807) is 27.0 Å². The molecule has 0 saturated carbocycles. The summed E-state index contributed by atoms with van der Waals surface area (Å²) in [6.07, 6.45) is 0. The molecule has 186 valence electrons.